The van der Waals surface area contributed by atoms with Gasteiger partial charge in [-0.05, 0) is 40.5 Å². The van der Waals surface area contributed by atoms with E-state index in [2.05, 4.69) is 6.92 Å². The van der Waals surface area contributed by atoms with Crippen molar-refractivity contribution in [2.24, 2.45) is 0 Å². The lowest BCUT2D eigenvalue weighted by molar-refractivity contribution is -0.188. The molecular weight excluding hydrogens is 244 g/mol. The molecule has 19 heavy (non-hydrogen) atoms. The van der Waals surface area contributed by atoms with Crippen LogP contribution >= 0.6 is 0 Å². The van der Waals surface area contributed by atoms with Crippen LogP contribution in [0.15, 0.2) is 0 Å². The molecule has 0 bridgehead atoms. The van der Waals surface area contributed by atoms with Crippen molar-refractivity contribution in [3.63, 3.8) is 0 Å². The molecule has 1 fully saturated rings. The summed E-state index contributed by atoms with van der Waals surface area (Å²) in [6, 6.07) is 0.270. The van der Waals surface area contributed by atoms with E-state index in [4.69, 9.17) is 9.57 Å². The zero-order valence-electron chi connectivity index (χ0n) is 12.9. The van der Waals surface area contributed by atoms with Gasteiger partial charge in [-0.3, -0.25) is 4.84 Å². The van der Waals surface area contributed by atoms with E-state index in [-0.39, 0.29) is 12.1 Å². The molecule has 0 spiro atoms. The molecule has 0 radical (unpaired) electrons. The van der Waals surface area contributed by atoms with E-state index >= 15 is 0 Å². The Hall–Kier alpha value is -0.810. The molecule has 0 aromatic rings. The second-order valence-corrected chi connectivity index (χ2v) is 5.87. The number of hydrogen-bond donors (Lipinski definition) is 0. The fourth-order valence-electron chi connectivity index (χ4n) is 2.30. The number of carbonyl (C=O) groups excluding carboxylic acids is 1. The zero-order chi connectivity index (χ0) is 14.5. The third-order valence-electron chi connectivity index (χ3n) is 3.06. The third-order valence-corrected chi connectivity index (χ3v) is 3.06. The molecule has 1 aliphatic heterocycles. The Balaban J connectivity index is 2.56. The van der Waals surface area contributed by atoms with Crippen molar-refractivity contribution in [3.05, 3.63) is 0 Å². The van der Waals surface area contributed by atoms with Crippen LogP contribution in [0.5, 0.6) is 0 Å². The molecular formula is C14H28N2O3. The first-order valence-electron chi connectivity index (χ1n) is 7.24. The number of hydroxylamine groups is 2. The van der Waals surface area contributed by atoms with Crippen molar-refractivity contribution >= 4 is 6.09 Å². The molecule has 0 aromatic carbocycles. The van der Waals surface area contributed by atoms with E-state index in [0.717, 1.165) is 25.9 Å². The van der Waals surface area contributed by atoms with Gasteiger partial charge in [0.05, 0.1) is 12.6 Å². The standard InChI is InChI=1S/C14H28N2O3/c1-6-16(18-7-2)12-9-8-10-15(11-12)13(17)19-14(3,4)5/h12H,6-11H2,1-5H3. The Labute approximate surface area is 116 Å². The second kappa shape index (κ2) is 7.10. The zero-order valence-corrected chi connectivity index (χ0v) is 12.9. The van der Waals surface area contributed by atoms with Crippen molar-refractivity contribution in [3.8, 4) is 0 Å². The fraction of sp³-hybridized carbons (Fsp3) is 0.929. The molecule has 1 rings (SSSR count). The number of rotatable bonds is 4. The second-order valence-electron chi connectivity index (χ2n) is 5.87. The lowest BCUT2D eigenvalue weighted by Gasteiger charge is -2.38. The number of nitrogens with zero attached hydrogens (tertiary/aromatic N) is 2. The summed E-state index contributed by atoms with van der Waals surface area (Å²) in [7, 11) is 0. The van der Waals surface area contributed by atoms with E-state index in [0.29, 0.717) is 13.2 Å². The Morgan fingerprint density at radius 2 is 2.05 bits per heavy atom. The number of likely N-dealkylation sites (tertiary alicyclic amines) is 1. The molecule has 112 valence electrons. The monoisotopic (exact) mass is 272 g/mol. The SMILES string of the molecule is CCON(CC)C1CCCN(C(=O)OC(C)(C)C)C1. The highest BCUT2D eigenvalue weighted by Gasteiger charge is 2.30. The van der Waals surface area contributed by atoms with Crippen LogP contribution in [0.1, 0.15) is 47.5 Å². The lowest BCUT2D eigenvalue weighted by Crippen LogP contribution is -2.50. The van der Waals surface area contributed by atoms with Gasteiger partial charge in [0.25, 0.3) is 0 Å². The largest absolute Gasteiger partial charge is 0.444 e. The van der Waals surface area contributed by atoms with Crippen LogP contribution in [0, 0.1) is 0 Å². The average molecular weight is 272 g/mol. The van der Waals surface area contributed by atoms with Gasteiger partial charge in [-0.25, -0.2) is 4.79 Å². The molecule has 0 aromatic heterocycles. The minimum Gasteiger partial charge on any atom is -0.444 e. The predicted molar refractivity (Wildman–Crippen MR) is 74.8 cm³/mol. The minimum absolute atomic E-state index is 0.218. The number of ether oxygens (including phenoxy) is 1. The summed E-state index contributed by atoms with van der Waals surface area (Å²) in [6.45, 7) is 12.7. The van der Waals surface area contributed by atoms with Crippen molar-refractivity contribution in [1.29, 1.82) is 0 Å². The lowest BCUT2D eigenvalue weighted by atomic mass is 10.1. The molecule has 1 heterocycles. The maximum atomic E-state index is 12.1. The van der Waals surface area contributed by atoms with Gasteiger partial charge in [0.15, 0.2) is 0 Å². The number of likely N-dealkylation sites (N-methyl/N-ethyl adjacent to an activating group) is 1. The highest BCUT2D eigenvalue weighted by molar-refractivity contribution is 5.68. The molecule has 0 N–H and O–H groups in total. The highest BCUT2D eigenvalue weighted by Crippen LogP contribution is 2.19. The molecule has 1 atom stereocenters. The minimum atomic E-state index is -0.436. The van der Waals surface area contributed by atoms with Gasteiger partial charge in [0.2, 0.25) is 0 Å². The number of amides is 1. The Morgan fingerprint density at radius 3 is 2.58 bits per heavy atom. The van der Waals surface area contributed by atoms with E-state index in [1.165, 1.54) is 0 Å². The van der Waals surface area contributed by atoms with Gasteiger partial charge in [0.1, 0.15) is 5.60 Å². The molecule has 1 saturated heterocycles. The number of carbonyl (C=O) groups is 1. The Kier molecular flexibility index (Phi) is 6.07. The summed E-state index contributed by atoms with van der Waals surface area (Å²) in [5.41, 5.74) is -0.436. The van der Waals surface area contributed by atoms with Gasteiger partial charge in [-0.1, -0.05) is 6.92 Å². The molecule has 5 heteroatoms. The molecule has 1 aliphatic rings. The summed E-state index contributed by atoms with van der Waals surface area (Å²) in [5.74, 6) is 0. The van der Waals surface area contributed by atoms with E-state index in [1.54, 1.807) is 4.90 Å². The first kappa shape index (κ1) is 16.2. The summed E-state index contributed by atoms with van der Waals surface area (Å²) in [5, 5.41) is 1.98. The van der Waals surface area contributed by atoms with Crippen molar-refractivity contribution in [2.75, 3.05) is 26.2 Å². The van der Waals surface area contributed by atoms with E-state index < -0.39 is 5.60 Å². The summed E-state index contributed by atoms with van der Waals surface area (Å²) >= 11 is 0. The highest BCUT2D eigenvalue weighted by atomic mass is 16.7. The van der Waals surface area contributed by atoms with Crippen LogP contribution in [0.25, 0.3) is 0 Å². The molecule has 0 aliphatic carbocycles. The molecule has 0 saturated carbocycles. The molecule has 1 amide bonds. The Morgan fingerprint density at radius 1 is 1.37 bits per heavy atom. The van der Waals surface area contributed by atoms with Gasteiger partial charge < -0.3 is 9.64 Å². The van der Waals surface area contributed by atoms with Crippen LogP contribution in [0.3, 0.4) is 0 Å². The maximum absolute atomic E-state index is 12.1. The van der Waals surface area contributed by atoms with Crippen molar-refractivity contribution in [2.45, 2.75) is 59.1 Å². The summed E-state index contributed by atoms with van der Waals surface area (Å²) in [6.07, 6.45) is 1.84. The topological polar surface area (TPSA) is 42.0 Å². The molecule has 5 nitrogen and oxygen atoms in total. The van der Waals surface area contributed by atoms with Crippen LogP contribution in [0.4, 0.5) is 4.79 Å². The van der Waals surface area contributed by atoms with Crippen LogP contribution in [0.2, 0.25) is 0 Å². The quantitative estimate of drug-likeness (QED) is 0.738. The van der Waals surface area contributed by atoms with Gasteiger partial charge >= 0.3 is 6.09 Å². The average Bonchev–Trinajstić information content (AvgIpc) is 2.34. The van der Waals surface area contributed by atoms with Gasteiger partial charge in [-0.15, -0.1) is 0 Å². The summed E-state index contributed by atoms with van der Waals surface area (Å²) in [4.78, 5) is 19.5. The Bertz CT molecular complexity index is 289. The maximum Gasteiger partial charge on any atom is 0.410 e. The predicted octanol–water partition coefficient (Wildman–Crippen LogP) is 2.66. The van der Waals surface area contributed by atoms with Crippen molar-refractivity contribution in [1.82, 2.24) is 9.96 Å². The van der Waals surface area contributed by atoms with Crippen molar-refractivity contribution < 1.29 is 14.4 Å². The third kappa shape index (κ3) is 5.37. The van der Waals surface area contributed by atoms with Crippen LogP contribution < -0.4 is 0 Å². The van der Waals surface area contributed by atoms with Crippen LogP contribution in [-0.4, -0.2) is 53.9 Å². The van der Waals surface area contributed by atoms with Gasteiger partial charge in [0, 0.05) is 19.6 Å². The fourth-order valence-corrected chi connectivity index (χ4v) is 2.30. The normalized spacial score (nSPS) is 20.7. The summed E-state index contributed by atoms with van der Waals surface area (Å²) < 4.78 is 5.43. The van der Waals surface area contributed by atoms with E-state index in [9.17, 15) is 4.79 Å². The first-order valence-corrected chi connectivity index (χ1v) is 7.24. The molecule has 1 unspecified atom stereocenters. The number of piperidine rings is 1. The first-order chi connectivity index (χ1) is 8.87. The van der Waals surface area contributed by atoms with E-state index in [1.807, 2.05) is 32.8 Å². The van der Waals surface area contributed by atoms with Crippen LogP contribution in [-0.2, 0) is 9.57 Å². The van der Waals surface area contributed by atoms with Gasteiger partial charge in [-0.2, -0.15) is 5.06 Å². The number of hydrogen-bond acceptors (Lipinski definition) is 4. The smallest absolute Gasteiger partial charge is 0.410 e.